The van der Waals surface area contributed by atoms with Gasteiger partial charge in [0.1, 0.15) is 12.4 Å². The number of carbonyl (C=O) groups is 4. The number of carboxylic acid groups (broad SMARTS) is 3. The van der Waals surface area contributed by atoms with E-state index in [0.29, 0.717) is 6.04 Å². The quantitative estimate of drug-likeness (QED) is 0.467. The fourth-order valence-electron chi connectivity index (χ4n) is 3.38. The standard InChI is InChI=1S/C17H28N4O3.2CH2O2/c1-12(20(3)15-7-5-4-6-8-15)17(24)21(11-16(22)23)10-14-9-18-13(2)19-14;2*2-1-3/h9,12,15H,4-8,10-11H2,1-3H3,(H,18,19)(H,22,23);2*1H,(H,2,3). The van der Waals surface area contributed by atoms with Gasteiger partial charge in [-0.25, -0.2) is 4.98 Å². The third-order valence-corrected chi connectivity index (χ3v) is 4.87. The van der Waals surface area contributed by atoms with Crippen LogP contribution in [0.2, 0.25) is 0 Å². The smallest absolute Gasteiger partial charge is 0.323 e. The summed E-state index contributed by atoms with van der Waals surface area (Å²) in [6.45, 7) is 3.12. The number of amides is 1. The average molecular weight is 428 g/mol. The monoisotopic (exact) mass is 428 g/mol. The number of carboxylic acids is 1. The van der Waals surface area contributed by atoms with Crippen molar-refractivity contribution in [1.82, 2.24) is 19.8 Å². The van der Waals surface area contributed by atoms with Crippen molar-refractivity contribution in [3.05, 3.63) is 17.7 Å². The summed E-state index contributed by atoms with van der Waals surface area (Å²) in [6, 6.07) is 0.0650. The summed E-state index contributed by atoms with van der Waals surface area (Å²) in [5.41, 5.74) is 0.745. The molecule has 1 unspecified atom stereocenters. The Hall–Kier alpha value is -2.95. The number of rotatable bonds is 7. The Bertz CT molecular complexity index is 653. The van der Waals surface area contributed by atoms with Crippen LogP contribution in [0, 0.1) is 6.92 Å². The van der Waals surface area contributed by atoms with E-state index in [1.54, 1.807) is 6.20 Å². The van der Waals surface area contributed by atoms with E-state index in [0.717, 1.165) is 24.4 Å². The van der Waals surface area contributed by atoms with Gasteiger partial charge in [-0.1, -0.05) is 19.3 Å². The lowest BCUT2D eigenvalue weighted by Gasteiger charge is -2.36. The van der Waals surface area contributed by atoms with Crippen LogP contribution in [-0.4, -0.2) is 85.6 Å². The molecule has 1 aromatic heterocycles. The second-order valence-electron chi connectivity index (χ2n) is 6.93. The summed E-state index contributed by atoms with van der Waals surface area (Å²) in [4.78, 5) is 51.4. The van der Waals surface area contributed by atoms with E-state index in [2.05, 4.69) is 14.9 Å². The number of aromatic nitrogens is 2. The molecule has 0 bridgehead atoms. The molecular weight excluding hydrogens is 396 g/mol. The first-order valence-corrected chi connectivity index (χ1v) is 9.60. The number of hydrogen-bond donors (Lipinski definition) is 4. The molecule has 11 nitrogen and oxygen atoms in total. The molecule has 1 saturated carbocycles. The summed E-state index contributed by atoms with van der Waals surface area (Å²) in [5.74, 6) is -0.412. The third kappa shape index (κ3) is 10.0. The first-order chi connectivity index (χ1) is 14.2. The lowest BCUT2D eigenvalue weighted by molar-refractivity contribution is -0.147. The van der Waals surface area contributed by atoms with Crippen LogP contribution in [0.15, 0.2) is 6.20 Å². The molecular formula is C19H32N4O7. The molecule has 1 heterocycles. The van der Waals surface area contributed by atoms with Gasteiger partial charge in [-0.3, -0.25) is 24.1 Å². The SMILES string of the molecule is Cc1ncc(CN(CC(=O)O)C(=O)C(C)N(C)C2CCCCC2)[nH]1.O=CO.O=CO. The average Bonchev–Trinajstić information content (AvgIpc) is 3.12. The molecule has 0 spiro atoms. The molecule has 1 fully saturated rings. The summed E-state index contributed by atoms with van der Waals surface area (Å²) in [5, 5.41) is 22.9. The van der Waals surface area contributed by atoms with Crippen LogP contribution in [0.4, 0.5) is 0 Å². The highest BCUT2D eigenvalue weighted by Crippen LogP contribution is 2.23. The number of nitrogens with zero attached hydrogens (tertiary/aromatic N) is 3. The van der Waals surface area contributed by atoms with Crippen molar-refractivity contribution in [3.63, 3.8) is 0 Å². The maximum atomic E-state index is 12.9. The molecule has 11 heteroatoms. The van der Waals surface area contributed by atoms with Crippen molar-refractivity contribution in [2.24, 2.45) is 0 Å². The number of H-pyrrole nitrogens is 1. The largest absolute Gasteiger partial charge is 0.483 e. The number of aromatic amines is 1. The van der Waals surface area contributed by atoms with Gasteiger partial charge >= 0.3 is 5.97 Å². The zero-order valence-electron chi connectivity index (χ0n) is 17.7. The molecule has 1 aliphatic rings. The van der Waals surface area contributed by atoms with Crippen molar-refractivity contribution >= 4 is 24.8 Å². The first-order valence-electron chi connectivity index (χ1n) is 9.60. The second kappa shape index (κ2) is 15.0. The topological polar surface area (TPSA) is 164 Å². The second-order valence-corrected chi connectivity index (χ2v) is 6.93. The van der Waals surface area contributed by atoms with Gasteiger partial charge in [-0.15, -0.1) is 0 Å². The van der Waals surface area contributed by atoms with Crippen LogP contribution >= 0.6 is 0 Å². The normalized spacial score (nSPS) is 14.4. The van der Waals surface area contributed by atoms with Crippen molar-refractivity contribution in [2.75, 3.05) is 13.6 Å². The third-order valence-electron chi connectivity index (χ3n) is 4.87. The highest BCUT2D eigenvalue weighted by molar-refractivity contribution is 5.85. The molecule has 0 aromatic carbocycles. The highest BCUT2D eigenvalue weighted by atomic mass is 16.4. The Morgan fingerprint density at radius 1 is 1.23 bits per heavy atom. The summed E-state index contributed by atoms with van der Waals surface area (Å²) < 4.78 is 0. The lowest BCUT2D eigenvalue weighted by atomic mass is 9.93. The number of carbonyl (C=O) groups excluding carboxylic acids is 1. The Morgan fingerprint density at radius 2 is 1.77 bits per heavy atom. The van der Waals surface area contributed by atoms with E-state index in [1.807, 2.05) is 20.9 Å². The number of likely N-dealkylation sites (N-methyl/N-ethyl adjacent to an activating group) is 1. The van der Waals surface area contributed by atoms with Gasteiger partial charge in [0.25, 0.3) is 12.9 Å². The van der Waals surface area contributed by atoms with E-state index >= 15 is 0 Å². The van der Waals surface area contributed by atoms with E-state index in [4.69, 9.17) is 24.9 Å². The zero-order chi connectivity index (χ0) is 23.1. The predicted molar refractivity (Wildman–Crippen MR) is 108 cm³/mol. The summed E-state index contributed by atoms with van der Waals surface area (Å²) in [7, 11) is 1.97. The van der Waals surface area contributed by atoms with E-state index in [9.17, 15) is 9.59 Å². The van der Waals surface area contributed by atoms with E-state index in [1.165, 1.54) is 24.2 Å². The Morgan fingerprint density at radius 3 is 2.20 bits per heavy atom. The molecule has 0 saturated heterocycles. The molecule has 1 atom stereocenters. The van der Waals surface area contributed by atoms with Crippen LogP contribution in [0.5, 0.6) is 0 Å². The molecule has 1 amide bonds. The number of imidazole rings is 1. The molecule has 170 valence electrons. The minimum Gasteiger partial charge on any atom is -0.483 e. The van der Waals surface area contributed by atoms with Crippen LogP contribution in [-0.2, 0) is 25.7 Å². The minimum absolute atomic E-state index is 0.155. The number of aliphatic carboxylic acids is 1. The molecule has 2 rings (SSSR count). The Kier molecular flexibility index (Phi) is 13.5. The van der Waals surface area contributed by atoms with Crippen LogP contribution in [0.1, 0.15) is 50.5 Å². The van der Waals surface area contributed by atoms with Crippen molar-refractivity contribution in [2.45, 2.75) is 64.6 Å². The van der Waals surface area contributed by atoms with Gasteiger partial charge in [-0.2, -0.15) is 0 Å². The Labute approximate surface area is 175 Å². The lowest BCUT2D eigenvalue weighted by Crippen LogP contribution is -2.50. The van der Waals surface area contributed by atoms with Crippen LogP contribution in [0.3, 0.4) is 0 Å². The molecule has 0 aliphatic heterocycles. The number of nitrogens with one attached hydrogen (secondary N) is 1. The fraction of sp³-hybridized carbons (Fsp3) is 0.632. The molecule has 4 N–H and O–H groups in total. The maximum Gasteiger partial charge on any atom is 0.323 e. The molecule has 30 heavy (non-hydrogen) atoms. The van der Waals surface area contributed by atoms with Crippen molar-refractivity contribution < 1.29 is 34.5 Å². The molecule has 0 radical (unpaired) electrons. The summed E-state index contributed by atoms with van der Waals surface area (Å²) in [6.07, 6.45) is 7.51. The Balaban J connectivity index is 0.00000125. The van der Waals surface area contributed by atoms with Gasteiger partial charge in [0.05, 0.1) is 24.5 Å². The van der Waals surface area contributed by atoms with E-state index in [-0.39, 0.29) is 38.0 Å². The van der Waals surface area contributed by atoms with Crippen molar-refractivity contribution in [1.29, 1.82) is 0 Å². The van der Waals surface area contributed by atoms with Crippen LogP contribution in [0.25, 0.3) is 0 Å². The van der Waals surface area contributed by atoms with Gasteiger partial charge in [0, 0.05) is 6.04 Å². The zero-order valence-corrected chi connectivity index (χ0v) is 17.7. The van der Waals surface area contributed by atoms with Gasteiger partial charge in [0.2, 0.25) is 5.91 Å². The van der Waals surface area contributed by atoms with Crippen LogP contribution < -0.4 is 0 Å². The van der Waals surface area contributed by atoms with Gasteiger partial charge < -0.3 is 25.2 Å². The van der Waals surface area contributed by atoms with E-state index < -0.39 is 5.97 Å². The minimum atomic E-state index is -1.01. The first kappa shape index (κ1) is 27.0. The fourth-order valence-corrected chi connectivity index (χ4v) is 3.38. The number of aryl methyl sites for hydroxylation is 1. The van der Waals surface area contributed by atoms with Gasteiger partial charge in [0.15, 0.2) is 0 Å². The van der Waals surface area contributed by atoms with Crippen molar-refractivity contribution in [3.8, 4) is 0 Å². The highest BCUT2D eigenvalue weighted by Gasteiger charge is 2.30. The maximum absolute atomic E-state index is 12.9. The molecule has 1 aliphatic carbocycles. The molecule has 1 aromatic rings. The van der Waals surface area contributed by atoms with Gasteiger partial charge in [-0.05, 0) is 33.7 Å². The summed E-state index contributed by atoms with van der Waals surface area (Å²) >= 11 is 0. The number of hydrogen-bond acceptors (Lipinski definition) is 6. The predicted octanol–water partition coefficient (Wildman–Crippen LogP) is 1.19.